The molecule has 0 unspecified atom stereocenters. The Morgan fingerprint density at radius 3 is 2.20 bits per heavy atom. The second kappa shape index (κ2) is 15.5. The Hall–Kier alpha value is -2.52. The van der Waals surface area contributed by atoms with Gasteiger partial charge in [-0.3, -0.25) is 14.6 Å². The van der Waals surface area contributed by atoms with E-state index in [9.17, 15) is 19.8 Å². The molecule has 0 spiro atoms. The Balaban J connectivity index is 0.00000306. The van der Waals surface area contributed by atoms with Crippen molar-refractivity contribution in [3.8, 4) is 5.75 Å². The zero-order valence-electron chi connectivity index (χ0n) is 20.0. The van der Waals surface area contributed by atoms with Crippen LogP contribution in [0.25, 0.3) is 0 Å². The molecule has 1 atom stereocenters. The van der Waals surface area contributed by atoms with Crippen LogP contribution < -0.4 is 5.32 Å². The maximum Gasteiger partial charge on any atom is 0.408 e. The first-order valence-corrected chi connectivity index (χ1v) is 11.4. The van der Waals surface area contributed by atoms with E-state index in [2.05, 4.69) is 10.2 Å². The van der Waals surface area contributed by atoms with Crippen molar-refractivity contribution in [2.24, 2.45) is 0 Å². The van der Waals surface area contributed by atoms with Gasteiger partial charge in [-0.15, -0.1) is 24.8 Å². The van der Waals surface area contributed by atoms with Gasteiger partial charge in [0.05, 0.1) is 0 Å². The first-order valence-electron chi connectivity index (χ1n) is 11.4. The molecule has 3 N–H and O–H groups in total. The fourth-order valence-corrected chi connectivity index (χ4v) is 4.06. The molecular formula is C25H36Cl2N4O4. The van der Waals surface area contributed by atoms with E-state index in [1.807, 2.05) is 30.3 Å². The van der Waals surface area contributed by atoms with E-state index in [0.717, 1.165) is 37.3 Å². The van der Waals surface area contributed by atoms with Crippen molar-refractivity contribution >= 4 is 36.8 Å². The van der Waals surface area contributed by atoms with Crippen LogP contribution in [0.4, 0.5) is 4.79 Å². The molecule has 1 fully saturated rings. The summed E-state index contributed by atoms with van der Waals surface area (Å²) in [7, 11) is 1.73. The predicted molar refractivity (Wildman–Crippen MR) is 142 cm³/mol. The lowest BCUT2D eigenvalue weighted by atomic mass is 10.0. The van der Waals surface area contributed by atoms with Gasteiger partial charge in [-0.2, -0.15) is 0 Å². The molecule has 2 aromatic rings. The standard InChI is InChI=1S/C25H34N4O4.2ClH/c1-27(14-11-20-5-3-2-4-6-20)24(31)23(19-21-7-9-22(30)10-8-21)29(25(32)33)18-17-28-15-12-26-13-16-28;;/h2-10,23,26,30H,11-19H2,1H3,(H,32,33);2*1H/t23-;;/m0../s1. The number of hydrogen-bond acceptors (Lipinski definition) is 5. The lowest BCUT2D eigenvalue weighted by Crippen LogP contribution is -2.54. The normalized spacial score (nSPS) is 14.2. The second-order valence-corrected chi connectivity index (χ2v) is 8.45. The van der Waals surface area contributed by atoms with E-state index in [1.54, 1.807) is 36.2 Å². The Labute approximate surface area is 219 Å². The number of nitrogens with one attached hydrogen (secondary N) is 1. The van der Waals surface area contributed by atoms with E-state index in [0.29, 0.717) is 19.5 Å². The topological polar surface area (TPSA) is 96.4 Å². The highest BCUT2D eigenvalue weighted by Gasteiger charge is 2.32. The van der Waals surface area contributed by atoms with Crippen molar-refractivity contribution in [2.75, 3.05) is 52.9 Å². The lowest BCUT2D eigenvalue weighted by molar-refractivity contribution is -0.135. The summed E-state index contributed by atoms with van der Waals surface area (Å²) in [6, 6.07) is 15.7. The highest BCUT2D eigenvalue weighted by Crippen LogP contribution is 2.16. The quantitative estimate of drug-likeness (QED) is 0.440. The number of piperazine rings is 1. The number of likely N-dealkylation sites (N-methyl/N-ethyl adjacent to an activating group) is 1. The molecule has 10 heteroatoms. The number of carbonyl (C=O) groups is 2. The average molecular weight is 527 g/mol. The van der Waals surface area contributed by atoms with E-state index < -0.39 is 12.1 Å². The smallest absolute Gasteiger partial charge is 0.408 e. The van der Waals surface area contributed by atoms with Crippen LogP contribution in [0, 0.1) is 0 Å². The molecule has 2 aromatic carbocycles. The predicted octanol–water partition coefficient (Wildman–Crippen LogP) is 2.73. The third-order valence-electron chi connectivity index (χ3n) is 6.09. The van der Waals surface area contributed by atoms with Crippen molar-refractivity contribution in [2.45, 2.75) is 18.9 Å². The van der Waals surface area contributed by atoms with Gasteiger partial charge in [-0.05, 0) is 29.7 Å². The summed E-state index contributed by atoms with van der Waals surface area (Å²) in [4.78, 5) is 30.8. The number of halogens is 2. The van der Waals surface area contributed by atoms with Crippen LogP contribution in [0.3, 0.4) is 0 Å². The molecule has 0 bridgehead atoms. The molecule has 0 aromatic heterocycles. The monoisotopic (exact) mass is 526 g/mol. The summed E-state index contributed by atoms with van der Waals surface area (Å²) >= 11 is 0. The Morgan fingerprint density at radius 1 is 0.971 bits per heavy atom. The van der Waals surface area contributed by atoms with Gasteiger partial charge < -0.3 is 20.4 Å². The van der Waals surface area contributed by atoms with Gasteiger partial charge in [0.1, 0.15) is 11.8 Å². The summed E-state index contributed by atoms with van der Waals surface area (Å²) in [5.74, 6) is -0.0860. The fourth-order valence-electron chi connectivity index (χ4n) is 4.06. The maximum atomic E-state index is 13.5. The third kappa shape index (κ3) is 9.57. The van der Waals surface area contributed by atoms with Crippen LogP contribution in [0.1, 0.15) is 11.1 Å². The van der Waals surface area contributed by atoms with Crippen molar-refractivity contribution < 1.29 is 19.8 Å². The van der Waals surface area contributed by atoms with Gasteiger partial charge in [-0.1, -0.05) is 42.5 Å². The largest absolute Gasteiger partial charge is 0.508 e. The van der Waals surface area contributed by atoms with Crippen LogP contribution >= 0.6 is 24.8 Å². The molecule has 0 aliphatic carbocycles. The third-order valence-corrected chi connectivity index (χ3v) is 6.09. The van der Waals surface area contributed by atoms with E-state index in [-0.39, 0.29) is 49.4 Å². The van der Waals surface area contributed by atoms with Gasteiger partial charge in [0.15, 0.2) is 0 Å². The zero-order chi connectivity index (χ0) is 23.6. The SMILES string of the molecule is CN(CCc1ccccc1)C(=O)[C@H](Cc1ccc(O)cc1)N(CCN1CCNCC1)C(=O)O.Cl.Cl. The molecule has 3 rings (SSSR count). The fraction of sp³-hybridized carbons (Fsp3) is 0.440. The Bertz CT molecular complexity index is 896. The highest BCUT2D eigenvalue weighted by atomic mass is 35.5. The van der Waals surface area contributed by atoms with Gasteiger partial charge >= 0.3 is 6.09 Å². The Morgan fingerprint density at radius 2 is 1.60 bits per heavy atom. The number of amides is 2. The van der Waals surface area contributed by atoms with Crippen LogP contribution in [0.2, 0.25) is 0 Å². The summed E-state index contributed by atoms with van der Waals surface area (Å²) in [5, 5.41) is 22.9. The number of phenolic OH excluding ortho intramolecular Hbond substituents is 1. The van der Waals surface area contributed by atoms with Crippen LogP contribution in [0.15, 0.2) is 54.6 Å². The number of nitrogens with zero attached hydrogens (tertiary/aromatic N) is 3. The molecule has 0 saturated carbocycles. The van der Waals surface area contributed by atoms with Crippen molar-refractivity contribution in [3.05, 3.63) is 65.7 Å². The first kappa shape index (κ1) is 30.5. The molecular weight excluding hydrogens is 491 g/mol. The molecule has 35 heavy (non-hydrogen) atoms. The van der Waals surface area contributed by atoms with Crippen molar-refractivity contribution in [3.63, 3.8) is 0 Å². The maximum absolute atomic E-state index is 13.5. The molecule has 0 radical (unpaired) electrons. The number of carboxylic acid groups (broad SMARTS) is 1. The summed E-state index contributed by atoms with van der Waals surface area (Å²) < 4.78 is 0. The van der Waals surface area contributed by atoms with Crippen LogP contribution in [-0.4, -0.2) is 95.8 Å². The first-order chi connectivity index (χ1) is 15.9. The molecule has 2 amide bonds. The second-order valence-electron chi connectivity index (χ2n) is 8.45. The summed E-state index contributed by atoms with van der Waals surface area (Å²) in [6.45, 7) is 4.83. The van der Waals surface area contributed by atoms with E-state index in [4.69, 9.17) is 0 Å². The lowest BCUT2D eigenvalue weighted by Gasteiger charge is -2.34. The molecule has 1 saturated heterocycles. The van der Waals surface area contributed by atoms with Gasteiger partial charge in [0.25, 0.3) is 0 Å². The van der Waals surface area contributed by atoms with E-state index >= 15 is 0 Å². The average Bonchev–Trinajstić information content (AvgIpc) is 2.84. The molecule has 1 aliphatic heterocycles. The van der Waals surface area contributed by atoms with Crippen molar-refractivity contribution in [1.29, 1.82) is 0 Å². The molecule has 1 heterocycles. The number of phenols is 1. The van der Waals surface area contributed by atoms with Gasteiger partial charge in [0.2, 0.25) is 5.91 Å². The van der Waals surface area contributed by atoms with Crippen LogP contribution in [0.5, 0.6) is 5.75 Å². The van der Waals surface area contributed by atoms with Crippen LogP contribution in [-0.2, 0) is 17.6 Å². The minimum atomic E-state index is -1.10. The minimum Gasteiger partial charge on any atom is -0.508 e. The van der Waals surface area contributed by atoms with Gasteiger partial charge in [0, 0.05) is 59.3 Å². The zero-order valence-corrected chi connectivity index (χ0v) is 21.6. The number of rotatable bonds is 10. The number of carbonyl (C=O) groups excluding carboxylic acids is 1. The molecule has 1 aliphatic rings. The number of benzene rings is 2. The Kier molecular flexibility index (Phi) is 13.5. The highest BCUT2D eigenvalue weighted by molar-refractivity contribution is 5.86. The number of aromatic hydroxyl groups is 1. The van der Waals surface area contributed by atoms with Crippen molar-refractivity contribution in [1.82, 2.24) is 20.0 Å². The molecule has 194 valence electrons. The minimum absolute atomic E-state index is 0. The number of hydrogen-bond donors (Lipinski definition) is 3. The van der Waals surface area contributed by atoms with Gasteiger partial charge in [-0.25, -0.2) is 4.79 Å². The molecule has 8 nitrogen and oxygen atoms in total. The summed E-state index contributed by atoms with van der Waals surface area (Å²) in [6.07, 6.45) is -0.149. The summed E-state index contributed by atoms with van der Waals surface area (Å²) in [5.41, 5.74) is 1.93. The van der Waals surface area contributed by atoms with E-state index in [1.165, 1.54) is 4.90 Å².